The first-order chi connectivity index (χ1) is 12.3. The molecule has 0 unspecified atom stereocenters. The van der Waals surface area contributed by atoms with Gasteiger partial charge in [-0.2, -0.15) is 0 Å². The van der Waals surface area contributed by atoms with Gasteiger partial charge in [0.25, 0.3) is 0 Å². The van der Waals surface area contributed by atoms with Crippen LogP contribution in [0.5, 0.6) is 0 Å². The predicted molar refractivity (Wildman–Crippen MR) is 96.6 cm³/mol. The molecule has 0 aliphatic carbocycles. The summed E-state index contributed by atoms with van der Waals surface area (Å²) in [4.78, 5) is -0.0862. The molecule has 0 fully saturated rings. The predicted octanol–water partition coefficient (Wildman–Crippen LogP) is 3.88. The van der Waals surface area contributed by atoms with Crippen molar-refractivity contribution < 1.29 is 17.3 Å². The Bertz CT molecular complexity index is 1020. The van der Waals surface area contributed by atoms with Gasteiger partial charge >= 0.3 is 0 Å². The Kier molecular flexibility index (Phi) is 4.93. The summed E-state index contributed by atoms with van der Waals surface area (Å²) >= 11 is 0. The molecule has 7 heteroatoms. The van der Waals surface area contributed by atoms with E-state index in [0.29, 0.717) is 11.3 Å². The molecule has 0 amide bonds. The van der Waals surface area contributed by atoms with E-state index < -0.39 is 15.8 Å². The minimum Gasteiger partial charge on any atom is -0.361 e. The fourth-order valence-electron chi connectivity index (χ4n) is 2.85. The number of nitrogens with zero attached hydrogens (tertiary/aromatic N) is 1. The molecule has 0 atom stereocenters. The number of halogens is 1. The Morgan fingerprint density at radius 1 is 1.12 bits per heavy atom. The fraction of sp³-hybridized carbons (Fsp3) is 0.211. The molecule has 2 aromatic carbocycles. The summed E-state index contributed by atoms with van der Waals surface area (Å²) in [7, 11) is -3.81. The average Bonchev–Trinajstić information content (AvgIpc) is 2.91. The van der Waals surface area contributed by atoms with Crippen LogP contribution in [0.4, 0.5) is 4.39 Å². The molecule has 0 bridgehead atoms. The van der Waals surface area contributed by atoms with Crippen molar-refractivity contribution in [3.05, 3.63) is 70.9 Å². The first kappa shape index (κ1) is 18.3. The lowest BCUT2D eigenvalue weighted by Gasteiger charge is -2.09. The van der Waals surface area contributed by atoms with Crippen LogP contribution in [-0.2, 0) is 16.6 Å². The van der Waals surface area contributed by atoms with Gasteiger partial charge in [-0.25, -0.2) is 17.5 Å². The number of hydrogen-bond acceptors (Lipinski definition) is 4. The van der Waals surface area contributed by atoms with Gasteiger partial charge in [-0.05, 0) is 61.7 Å². The van der Waals surface area contributed by atoms with Gasteiger partial charge in [0.05, 0.1) is 10.6 Å². The Morgan fingerprint density at radius 2 is 1.88 bits per heavy atom. The van der Waals surface area contributed by atoms with E-state index in [1.165, 1.54) is 12.1 Å². The lowest BCUT2D eigenvalue weighted by molar-refractivity contribution is 0.393. The summed E-state index contributed by atoms with van der Waals surface area (Å²) in [6.07, 6.45) is 0. The van der Waals surface area contributed by atoms with E-state index in [-0.39, 0.29) is 11.4 Å². The van der Waals surface area contributed by atoms with E-state index in [4.69, 9.17) is 4.52 Å². The molecule has 1 N–H and O–H groups in total. The van der Waals surface area contributed by atoms with Crippen molar-refractivity contribution in [2.75, 3.05) is 0 Å². The van der Waals surface area contributed by atoms with Gasteiger partial charge in [-0.15, -0.1) is 0 Å². The number of aromatic nitrogens is 1. The van der Waals surface area contributed by atoms with Gasteiger partial charge in [0.2, 0.25) is 10.0 Å². The zero-order valence-corrected chi connectivity index (χ0v) is 15.5. The van der Waals surface area contributed by atoms with Crippen LogP contribution in [0, 0.1) is 26.6 Å². The van der Waals surface area contributed by atoms with Crippen molar-refractivity contribution in [3.63, 3.8) is 0 Å². The van der Waals surface area contributed by atoms with Crippen LogP contribution in [-0.4, -0.2) is 13.6 Å². The van der Waals surface area contributed by atoms with Gasteiger partial charge in [-0.1, -0.05) is 23.4 Å². The normalized spacial score (nSPS) is 11.7. The Balaban J connectivity index is 1.83. The highest BCUT2D eigenvalue weighted by Gasteiger charge is 2.16. The SMILES string of the molecule is Cc1cc(F)cc(S(=O)(=O)NCc2cccc(-c3c(C)noc3C)c2)c1. The van der Waals surface area contributed by atoms with Crippen molar-refractivity contribution >= 4 is 10.0 Å². The summed E-state index contributed by atoms with van der Waals surface area (Å²) in [6, 6.07) is 11.2. The zero-order valence-electron chi connectivity index (χ0n) is 14.7. The van der Waals surface area contributed by atoms with Crippen molar-refractivity contribution in [2.24, 2.45) is 0 Å². The highest BCUT2D eigenvalue weighted by molar-refractivity contribution is 7.89. The molecular weight excluding hydrogens is 355 g/mol. The molecule has 0 aliphatic rings. The molecule has 0 spiro atoms. The highest BCUT2D eigenvalue weighted by atomic mass is 32.2. The molecule has 3 aromatic rings. The monoisotopic (exact) mass is 374 g/mol. The minimum atomic E-state index is -3.81. The molecule has 26 heavy (non-hydrogen) atoms. The number of rotatable bonds is 5. The lowest BCUT2D eigenvalue weighted by Crippen LogP contribution is -2.23. The summed E-state index contributed by atoms with van der Waals surface area (Å²) < 4.78 is 46.1. The number of hydrogen-bond donors (Lipinski definition) is 1. The van der Waals surface area contributed by atoms with Gasteiger partial charge < -0.3 is 4.52 Å². The van der Waals surface area contributed by atoms with Crippen LogP contribution in [0.3, 0.4) is 0 Å². The molecule has 136 valence electrons. The van der Waals surface area contributed by atoms with E-state index in [0.717, 1.165) is 28.5 Å². The van der Waals surface area contributed by atoms with E-state index in [9.17, 15) is 12.8 Å². The highest BCUT2D eigenvalue weighted by Crippen LogP contribution is 2.27. The largest absolute Gasteiger partial charge is 0.361 e. The maximum absolute atomic E-state index is 13.5. The van der Waals surface area contributed by atoms with Crippen molar-refractivity contribution in [1.29, 1.82) is 0 Å². The quantitative estimate of drug-likeness (QED) is 0.735. The molecule has 1 heterocycles. The zero-order chi connectivity index (χ0) is 18.9. The van der Waals surface area contributed by atoms with Gasteiger partial charge in [0, 0.05) is 12.1 Å². The summed E-state index contributed by atoms with van der Waals surface area (Å²) in [5.74, 6) is 0.126. The number of aryl methyl sites for hydroxylation is 3. The molecule has 5 nitrogen and oxygen atoms in total. The van der Waals surface area contributed by atoms with Crippen LogP contribution in [0.15, 0.2) is 51.9 Å². The maximum Gasteiger partial charge on any atom is 0.240 e. The Labute approximate surface area is 151 Å². The van der Waals surface area contributed by atoms with E-state index >= 15 is 0 Å². The van der Waals surface area contributed by atoms with Crippen LogP contribution < -0.4 is 4.72 Å². The smallest absolute Gasteiger partial charge is 0.240 e. The second kappa shape index (κ2) is 7.01. The Morgan fingerprint density at radius 3 is 2.54 bits per heavy atom. The first-order valence-electron chi connectivity index (χ1n) is 8.05. The van der Waals surface area contributed by atoms with Crippen LogP contribution >= 0.6 is 0 Å². The third kappa shape index (κ3) is 3.84. The number of sulfonamides is 1. The fourth-order valence-corrected chi connectivity index (χ4v) is 3.98. The second-order valence-corrected chi connectivity index (χ2v) is 7.96. The summed E-state index contributed by atoms with van der Waals surface area (Å²) in [5, 5.41) is 3.94. The minimum absolute atomic E-state index is 0.0862. The molecule has 0 saturated heterocycles. The third-order valence-corrected chi connectivity index (χ3v) is 5.42. The standard InChI is InChI=1S/C19H19FN2O3S/c1-12-7-17(20)10-18(8-12)26(23,24)21-11-15-5-4-6-16(9-15)19-13(2)22-25-14(19)3/h4-10,21H,11H2,1-3H3. The van der Waals surface area contributed by atoms with Crippen LogP contribution in [0.25, 0.3) is 11.1 Å². The second-order valence-electron chi connectivity index (χ2n) is 6.19. The molecule has 1 aromatic heterocycles. The van der Waals surface area contributed by atoms with Crippen molar-refractivity contribution in [1.82, 2.24) is 9.88 Å². The maximum atomic E-state index is 13.5. The Hall–Kier alpha value is -2.51. The molecule has 0 aliphatic heterocycles. The first-order valence-corrected chi connectivity index (χ1v) is 9.53. The number of benzene rings is 2. The van der Waals surface area contributed by atoms with Crippen LogP contribution in [0.2, 0.25) is 0 Å². The van der Waals surface area contributed by atoms with Gasteiger partial charge in [-0.3, -0.25) is 0 Å². The molecule has 3 rings (SSSR count). The summed E-state index contributed by atoms with van der Waals surface area (Å²) in [6.45, 7) is 5.43. The van der Waals surface area contributed by atoms with E-state index in [1.807, 2.05) is 38.1 Å². The third-order valence-electron chi connectivity index (χ3n) is 4.04. The topological polar surface area (TPSA) is 72.2 Å². The van der Waals surface area contributed by atoms with E-state index in [2.05, 4.69) is 9.88 Å². The van der Waals surface area contributed by atoms with Gasteiger partial charge in [0.15, 0.2) is 0 Å². The molecular formula is C19H19FN2O3S. The average molecular weight is 374 g/mol. The van der Waals surface area contributed by atoms with Crippen LogP contribution in [0.1, 0.15) is 22.6 Å². The van der Waals surface area contributed by atoms with Gasteiger partial charge in [0.1, 0.15) is 11.6 Å². The van der Waals surface area contributed by atoms with Crippen molar-refractivity contribution in [2.45, 2.75) is 32.2 Å². The summed E-state index contributed by atoms with van der Waals surface area (Å²) in [5.41, 5.74) is 3.90. The van der Waals surface area contributed by atoms with E-state index in [1.54, 1.807) is 6.92 Å². The molecule has 0 saturated carbocycles. The lowest BCUT2D eigenvalue weighted by atomic mass is 10.0. The molecule has 0 radical (unpaired) electrons. The number of nitrogens with one attached hydrogen (secondary N) is 1. The van der Waals surface area contributed by atoms with Crippen molar-refractivity contribution in [3.8, 4) is 11.1 Å².